The van der Waals surface area contributed by atoms with Crippen LogP contribution in [0, 0.1) is 0 Å². The standard InChI is InChI=1S/C16H29N3O2S.HI/c1-14(15-7-6-12-22-15)13-19-16(17-2)18-8-4-5-9-21-11-10-20-3;/h6-7,12,14H,4-5,8-11,13H2,1-3H3,(H2,17,18,19);1H. The van der Waals surface area contributed by atoms with Crippen LogP contribution in [0.15, 0.2) is 22.5 Å². The highest BCUT2D eigenvalue weighted by Crippen LogP contribution is 2.19. The van der Waals surface area contributed by atoms with Crippen LogP contribution in [-0.4, -0.2) is 53.0 Å². The molecule has 1 heterocycles. The van der Waals surface area contributed by atoms with E-state index in [1.165, 1.54) is 4.88 Å². The fourth-order valence-corrected chi connectivity index (χ4v) is 2.71. The van der Waals surface area contributed by atoms with Gasteiger partial charge in [-0.05, 0) is 24.3 Å². The Hall–Kier alpha value is -0.380. The average Bonchev–Trinajstić information content (AvgIpc) is 3.07. The molecule has 1 aromatic heterocycles. The second kappa shape index (κ2) is 15.2. The van der Waals surface area contributed by atoms with Gasteiger partial charge in [0.1, 0.15) is 0 Å². The molecule has 1 aromatic rings. The summed E-state index contributed by atoms with van der Waals surface area (Å²) in [5.41, 5.74) is 0. The summed E-state index contributed by atoms with van der Waals surface area (Å²) in [6.07, 6.45) is 2.10. The van der Waals surface area contributed by atoms with Crippen LogP contribution >= 0.6 is 35.3 Å². The zero-order valence-corrected chi connectivity index (χ0v) is 17.5. The predicted octanol–water partition coefficient (Wildman–Crippen LogP) is 3.08. The smallest absolute Gasteiger partial charge is 0.190 e. The van der Waals surface area contributed by atoms with Crippen molar-refractivity contribution in [3.63, 3.8) is 0 Å². The largest absolute Gasteiger partial charge is 0.382 e. The Kier molecular flexibility index (Phi) is 14.9. The molecule has 2 N–H and O–H groups in total. The van der Waals surface area contributed by atoms with Gasteiger partial charge < -0.3 is 20.1 Å². The van der Waals surface area contributed by atoms with Gasteiger partial charge in [-0.2, -0.15) is 0 Å². The van der Waals surface area contributed by atoms with Crippen LogP contribution in [0.3, 0.4) is 0 Å². The lowest BCUT2D eigenvalue weighted by Crippen LogP contribution is -2.39. The highest BCUT2D eigenvalue weighted by atomic mass is 127. The molecular formula is C16H30IN3O2S. The molecular weight excluding hydrogens is 425 g/mol. The number of hydrogen-bond donors (Lipinski definition) is 2. The number of rotatable bonds is 11. The van der Waals surface area contributed by atoms with Crippen molar-refractivity contribution in [2.75, 3.05) is 47.1 Å². The molecule has 0 radical (unpaired) electrons. The van der Waals surface area contributed by atoms with Crippen LogP contribution in [0.1, 0.15) is 30.6 Å². The van der Waals surface area contributed by atoms with Gasteiger partial charge >= 0.3 is 0 Å². The molecule has 0 saturated heterocycles. The minimum absolute atomic E-state index is 0. The maximum Gasteiger partial charge on any atom is 0.190 e. The summed E-state index contributed by atoms with van der Waals surface area (Å²) >= 11 is 1.80. The zero-order valence-electron chi connectivity index (χ0n) is 14.3. The Bertz CT molecular complexity index is 402. The molecule has 23 heavy (non-hydrogen) atoms. The summed E-state index contributed by atoms with van der Waals surface area (Å²) < 4.78 is 10.4. The van der Waals surface area contributed by atoms with Crippen molar-refractivity contribution in [3.8, 4) is 0 Å². The van der Waals surface area contributed by atoms with Crippen molar-refractivity contribution in [2.45, 2.75) is 25.7 Å². The van der Waals surface area contributed by atoms with Crippen LogP contribution in [0.5, 0.6) is 0 Å². The van der Waals surface area contributed by atoms with E-state index in [0.717, 1.165) is 38.5 Å². The number of guanidine groups is 1. The number of halogens is 1. The monoisotopic (exact) mass is 455 g/mol. The summed E-state index contributed by atoms with van der Waals surface area (Å²) in [4.78, 5) is 5.65. The number of nitrogens with zero attached hydrogens (tertiary/aromatic N) is 1. The second-order valence-corrected chi connectivity index (χ2v) is 6.09. The molecule has 0 fully saturated rings. The third-order valence-corrected chi connectivity index (χ3v) is 4.37. The molecule has 0 aliphatic heterocycles. The van der Waals surface area contributed by atoms with Gasteiger partial charge in [-0.25, -0.2) is 0 Å². The van der Waals surface area contributed by atoms with E-state index in [1.54, 1.807) is 25.5 Å². The Labute approximate surface area is 161 Å². The second-order valence-electron chi connectivity index (χ2n) is 5.11. The molecule has 0 bridgehead atoms. The van der Waals surface area contributed by atoms with Gasteiger partial charge in [0.2, 0.25) is 0 Å². The Balaban J connectivity index is 0.00000484. The van der Waals surface area contributed by atoms with Crippen molar-refractivity contribution in [1.82, 2.24) is 10.6 Å². The molecule has 1 atom stereocenters. The van der Waals surface area contributed by atoms with Gasteiger partial charge in [-0.15, -0.1) is 35.3 Å². The lowest BCUT2D eigenvalue weighted by atomic mass is 10.1. The van der Waals surface area contributed by atoms with E-state index in [4.69, 9.17) is 9.47 Å². The summed E-state index contributed by atoms with van der Waals surface area (Å²) in [5.74, 6) is 1.36. The van der Waals surface area contributed by atoms with Crippen LogP contribution in [0.4, 0.5) is 0 Å². The molecule has 0 aromatic carbocycles. The molecule has 1 unspecified atom stereocenters. The SMILES string of the molecule is CN=C(NCCCCOCCOC)NCC(C)c1cccs1.I. The molecule has 1 rings (SSSR count). The first kappa shape index (κ1) is 22.6. The first-order chi connectivity index (χ1) is 10.8. The molecule has 7 heteroatoms. The lowest BCUT2D eigenvalue weighted by Gasteiger charge is -2.15. The molecule has 134 valence electrons. The van der Waals surface area contributed by atoms with E-state index >= 15 is 0 Å². The van der Waals surface area contributed by atoms with Crippen molar-refractivity contribution >= 4 is 41.3 Å². The minimum Gasteiger partial charge on any atom is -0.382 e. The van der Waals surface area contributed by atoms with Crippen molar-refractivity contribution < 1.29 is 9.47 Å². The van der Waals surface area contributed by atoms with E-state index in [0.29, 0.717) is 19.1 Å². The highest BCUT2D eigenvalue weighted by molar-refractivity contribution is 14.0. The topological polar surface area (TPSA) is 54.9 Å². The number of ether oxygens (including phenoxy) is 2. The lowest BCUT2D eigenvalue weighted by molar-refractivity contribution is 0.0689. The van der Waals surface area contributed by atoms with E-state index in [1.807, 2.05) is 0 Å². The van der Waals surface area contributed by atoms with Crippen LogP contribution in [0.2, 0.25) is 0 Å². The summed E-state index contributed by atoms with van der Waals surface area (Å²) in [5, 5.41) is 8.83. The van der Waals surface area contributed by atoms with Crippen LogP contribution in [-0.2, 0) is 9.47 Å². The number of aliphatic imine (C=N–C) groups is 1. The van der Waals surface area contributed by atoms with Crippen molar-refractivity contribution in [3.05, 3.63) is 22.4 Å². The third-order valence-electron chi connectivity index (χ3n) is 3.27. The van der Waals surface area contributed by atoms with E-state index in [-0.39, 0.29) is 24.0 Å². The first-order valence-corrected chi connectivity index (χ1v) is 8.70. The maximum atomic E-state index is 5.43. The predicted molar refractivity (Wildman–Crippen MR) is 109 cm³/mol. The number of nitrogens with one attached hydrogen (secondary N) is 2. The molecule has 0 saturated carbocycles. The van der Waals surface area contributed by atoms with Gasteiger partial charge in [-0.1, -0.05) is 13.0 Å². The number of thiophene rings is 1. The normalized spacial score (nSPS) is 12.6. The first-order valence-electron chi connectivity index (χ1n) is 7.82. The summed E-state index contributed by atoms with van der Waals surface area (Å²) in [7, 11) is 3.49. The molecule has 0 aliphatic rings. The van der Waals surface area contributed by atoms with Gasteiger partial charge in [0.15, 0.2) is 5.96 Å². The average molecular weight is 455 g/mol. The fourth-order valence-electron chi connectivity index (χ4n) is 1.92. The molecule has 0 aliphatic carbocycles. The highest BCUT2D eigenvalue weighted by Gasteiger charge is 2.07. The van der Waals surface area contributed by atoms with Gasteiger partial charge in [0.25, 0.3) is 0 Å². The molecule has 0 spiro atoms. The Morgan fingerprint density at radius 1 is 1.26 bits per heavy atom. The van der Waals surface area contributed by atoms with Crippen molar-refractivity contribution in [2.24, 2.45) is 4.99 Å². The third kappa shape index (κ3) is 10.9. The number of hydrogen-bond acceptors (Lipinski definition) is 4. The minimum atomic E-state index is 0. The fraction of sp³-hybridized carbons (Fsp3) is 0.688. The van der Waals surface area contributed by atoms with Crippen molar-refractivity contribution in [1.29, 1.82) is 0 Å². The van der Waals surface area contributed by atoms with Gasteiger partial charge in [0.05, 0.1) is 13.2 Å². The van der Waals surface area contributed by atoms with Gasteiger partial charge in [0, 0.05) is 44.6 Å². The Morgan fingerprint density at radius 2 is 2.09 bits per heavy atom. The van der Waals surface area contributed by atoms with E-state index < -0.39 is 0 Å². The van der Waals surface area contributed by atoms with E-state index in [9.17, 15) is 0 Å². The zero-order chi connectivity index (χ0) is 16.0. The van der Waals surface area contributed by atoms with Crippen LogP contribution < -0.4 is 10.6 Å². The van der Waals surface area contributed by atoms with Crippen LogP contribution in [0.25, 0.3) is 0 Å². The number of unbranched alkanes of at least 4 members (excludes halogenated alkanes) is 1. The Morgan fingerprint density at radius 3 is 2.74 bits per heavy atom. The van der Waals surface area contributed by atoms with Gasteiger partial charge in [-0.3, -0.25) is 4.99 Å². The molecule has 5 nitrogen and oxygen atoms in total. The maximum absolute atomic E-state index is 5.43. The number of methoxy groups -OCH3 is 1. The quantitative estimate of drug-likeness (QED) is 0.233. The molecule has 0 amide bonds. The summed E-state index contributed by atoms with van der Waals surface area (Å²) in [6.45, 7) is 6.14. The summed E-state index contributed by atoms with van der Waals surface area (Å²) in [6, 6.07) is 4.27. The van der Waals surface area contributed by atoms with E-state index in [2.05, 4.69) is 40.1 Å².